The van der Waals surface area contributed by atoms with Gasteiger partial charge in [-0.15, -0.1) is 0 Å². The Morgan fingerprint density at radius 3 is 1.19 bits per heavy atom. The molecule has 13 aromatic rings. The third-order valence-electron chi connectivity index (χ3n) is 13.1. The largest absolute Gasteiger partial charge is 0.264 e. The third kappa shape index (κ3) is 5.30. The quantitative estimate of drug-likeness (QED) is 0.166. The first-order valence-electron chi connectivity index (χ1n) is 21.3. The highest BCUT2D eigenvalue weighted by Crippen LogP contribution is 2.44. The lowest BCUT2D eigenvalue weighted by Crippen LogP contribution is -1.94. The number of nitrogens with zero attached hydrogens (tertiary/aromatic N) is 2. The fraction of sp³-hybridized carbons (Fsp3) is 0. The Bertz CT molecular complexity index is 3890. The van der Waals surface area contributed by atoms with E-state index < -0.39 is 0 Å². The van der Waals surface area contributed by atoms with E-state index in [0.29, 0.717) is 0 Å². The van der Waals surface area contributed by atoms with Gasteiger partial charge in [0.15, 0.2) is 0 Å². The average Bonchev–Trinajstić information content (AvgIpc) is 3.36. The van der Waals surface area contributed by atoms with Gasteiger partial charge in [-0.25, -0.2) is 4.98 Å². The second kappa shape index (κ2) is 13.7. The zero-order valence-corrected chi connectivity index (χ0v) is 33.7. The molecule has 2 aromatic heterocycles. The summed E-state index contributed by atoms with van der Waals surface area (Å²) in [7, 11) is 0. The van der Waals surface area contributed by atoms with E-state index >= 15 is 0 Å². The monoisotopic (exact) mass is 784 g/mol. The Balaban J connectivity index is 1.11. The van der Waals surface area contributed by atoms with Crippen molar-refractivity contribution < 1.29 is 0 Å². The van der Waals surface area contributed by atoms with Gasteiger partial charge in [0, 0.05) is 28.7 Å². The zero-order chi connectivity index (χ0) is 40.7. The Hall–Kier alpha value is -8.20. The van der Waals surface area contributed by atoms with E-state index in [4.69, 9.17) is 4.98 Å². The van der Waals surface area contributed by atoms with Gasteiger partial charge in [-0.2, -0.15) is 0 Å². The lowest BCUT2D eigenvalue weighted by atomic mass is 9.88. The Kier molecular flexibility index (Phi) is 7.64. The van der Waals surface area contributed by atoms with Crippen LogP contribution in [0.25, 0.3) is 131 Å². The molecule has 13 rings (SSSR count). The Labute approximate surface area is 358 Å². The van der Waals surface area contributed by atoms with Crippen LogP contribution >= 0.6 is 0 Å². The van der Waals surface area contributed by atoms with Crippen LogP contribution in [0.1, 0.15) is 0 Å². The summed E-state index contributed by atoms with van der Waals surface area (Å²) in [5.74, 6) is 0. The molecule has 0 aliphatic heterocycles. The minimum atomic E-state index is 0.953. The smallest absolute Gasteiger partial charge is 0.0794 e. The van der Waals surface area contributed by atoms with Crippen molar-refractivity contribution in [3.05, 3.63) is 219 Å². The van der Waals surface area contributed by atoms with Crippen molar-refractivity contribution in [2.24, 2.45) is 0 Å². The predicted molar refractivity (Wildman–Crippen MR) is 264 cm³/mol. The van der Waals surface area contributed by atoms with Crippen LogP contribution in [-0.4, -0.2) is 9.97 Å². The van der Waals surface area contributed by atoms with Gasteiger partial charge in [-0.1, -0.05) is 176 Å². The number of fused-ring (bicyclic) bond motifs is 15. The molecule has 11 aromatic carbocycles. The van der Waals surface area contributed by atoms with Crippen LogP contribution in [0.5, 0.6) is 0 Å². The maximum Gasteiger partial charge on any atom is 0.0794 e. The summed E-state index contributed by atoms with van der Waals surface area (Å²) in [6, 6.07) is 75.7. The van der Waals surface area contributed by atoms with E-state index in [2.05, 4.69) is 205 Å². The van der Waals surface area contributed by atoms with Crippen LogP contribution in [0.4, 0.5) is 0 Å². The summed E-state index contributed by atoms with van der Waals surface area (Å²) in [5.41, 5.74) is 9.96. The molecule has 0 unspecified atom stereocenters. The molecular weight excluding hydrogens is 749 g/mol. The normalized spacial score (nSPS) is 11.9. The molecule has 0 saturated carbocycles. The highest BCUT2D eigenvalue weighted by atomic mass is 14.7. The topological polar surface area (TPSA) is 25.8 Å². The standard InChI is InChI=1S/C60H36N2/c1-3-17-46-42(13-1)44-15-5-7-19-48(44)56-32-39(27-29-51(46)56)55-35-59(40-28-30-52-47-18-4-2-14-43(47)45-16-6-8-20-49(45)57(52)33-40)62-60-53-22-10-9-21-50(53)54(34-58(55)60)38-25-23-37(24-26-38)41-12-11-31-61-36-41/h1-36H. The second-order valence-corrected chi connectivity index (χ2v) is 16.4. The number of hydrogen-bond donors (Lipinski definition) is 0. The molecule has 0 spiro atoms. The Morgan fingerprint density at radius 2 is 0.661 bits per heavy atom. The van der Waals surface area contributed by atoms with Gasteiger partial charge in [-0.05, 0) is 134 Å². The molecular formula is C60H36N2. The summed E-state index contributed by atoms with van der Waals surface area (Å²) >= 11 is 0. The van der Waals surface area contributed by atoms with Crippen LogP contribution in [0.3, 0.4) is 0 Å². The van der Waals surface area contributed by atoms with Crippen molar-refractivity contribution in [3.63, 3.8) is 0 Å². The zero-order valence-electron chi connectivity index (χ0n) is 33.7. The number of hydrogen-bond acceptors (Lipinski definition) is 2. The van der Waals surface area contributed by atoms with Gasteiger partial charge in [-0.3, -0.25) is 4.98 Å². The van der Waals surface area contributed by atoms with Crippen LogP contribution in [0, 0.1) is 0 Å². The number of aromatic nitrogens is 2. The average molecular weight is 785 g/mol. The number of rotatable bonds is 4. The molecule has 0 fully saturated rings. The van der Waals surface area contributed by atoms with Gasteiger partial charge in [0.05, 0.1) is 11.2 Å². The third-order valence-corrected chi connectivity index (χ3v) is 13.1. The molecule has 0 atom stereocenters. The Morgan fingerprint density at radius 1 is 0.242 bits per heavy atom. The predicted octanol–water partition coefficient (Wildman–Crippen LogP) is 16.4. The molecule has 0 saturated heterocycles. The minimum Gasteiger partial charge on any atom is -0.264 e. The molecule has 2 heteroatoms. The van der Waals surface area contributed by atoms with Gasteiger partial charge < -0.3 is 0 Å². The van der Waals surface area contributed by atoms with Crippen LogP contribution in [0.2, 0.25) is 0 Å². The highest BCUT2D eigenvalue weighted by Gasteiger charge is 2.19. The first kappa shape index (κ1) is 34.6. The van der Waals surface area contributed by atoms with Crippen molar-refractivity contribution in [2.75, 3.05) is 0 Å². The highest BCUT2D eigenvalue weighted by molar-refractivity contribution is 6.27. The molecule has 0 amide bonds. The van der Waals surface area contributed by atoms with Crippen molar-refractivity contribution in [1.29, 1.82) is 0 Å². The van der Waals surface area contributed by atoms with E-state index in [1.54, 1.807) is 0 Å². The lowest BCUT2D eigenvalue weighted by molar-refractivity contribution is 1.33. The molecule has 62 heavy (non-hydrogen) atoms. The minimum absolute atomic E-state index is 0.953. The molecule has 0 aliphatic carbocycles. The number of benzene rings is 11. The van der Waals surface area contributed by atoms with Crippen LogP contribution < -0.4 is 0 Å². The van der Waals surface area contributed by atoms with Crippen LogP contribution in [-0.2, 0) is 0 Å². The van der Waals surface area contributed by atoms with E-state index in [1.807, 2.05) is 18.5 Å². The first-order valence-corrected chi connectivity index (χ1v) is 21.3. The van der Waals surface area contributed by atoms with Crippen molar-refractivity contribution in [1.82, 2.24) is 9.97 Å². The molecule has 2 heterocycles. The lowest BCUT2D eigenvalue weighted by Gasteiger charge is -2.17. The van der Waals surface area contributed by atoms with Crippen molar-refractivity contribution in [3.8, 4) is 44.6 Å². The van der Waals surface area contributed by atoms with E-state index in [0.717, 1.165) is 55.4 Å². The van der Waals surface area contributed by atoms with Crippen molar-refractivity contribution >= 4 is 86.3 Å². The van der Waals surface area contributed by atoms with Gasteiger partial charge in [0.2, 0.25) is 0 Å². The maximum atomic E-state index is 5.64. The van der Waals surface area contributed by atoms with E-state index in [-0.39, 0.29) is 0 Å². The number of pyridine rings is 2. The van der Waals surface area contributed by atoms with Crippen LogP contribution in [0.15, 0.2) is 219 Å². The van der Waals surface area contributed by atoms with E-state index in [1.165, 1.54) is 75.6 Å². The molecule has 0 aliphatic rings. The summed E-state index contributed by atoms with van der Waals surface area (Å²) < 4.78 is 0. The van der Waals surface area contributed by atoms with Crippen molar-refractivity contribution in [2.45, 2.75) is 0 Å². The molecule has 0 radical (unpaired) electrons. The summed E-state index contributed by atoms with van der Waals surface area (Å²) in [4.78, 5) is 10.0. The maximum absolute atomic E-state index is 5.64. The molecule has 0 N–H and O–H groups in total. The first-order chi connectivity index (χ1) is 30.7. The fourth-order valence-electron chi connectivity index (χ4n) is 10.2. The summed E-state index contributed by atoms with van der Waals surface area (Å²) in [5, 5.41) is 18.6. The molecule has 2 nitrogen and oxygen atoms in total. The fourth-order valence-corrected chi connectivity index (χ4v) is 10.2. The van der Waals surface area contributed by atoms with E-state index in [9.17, 15) is 0 Å². The SMILES string of the molecule is c1cncc(-c2ccc(-c3cc4c(-c5ccc6c7ccccc7c7ccccc7c6c5)cc(-c5ccc6c7ccccc7c7ccccc7c6c5)nc4c4ccccc34)cc2)c1. The molecule has 286 valence electrons. The molecule has 0 bridgehead atoms. The summed E-state index contributed by atoms with van der Waals surface area (Å²) in [6.45, 7) is 0. The second-order valence-electron chi connectivity index (χ2n) is 16.4. The van der Waals surface area contributed by atoms with Gasteiger partial charge >= 0.3 is 0 Å². The van der Waals surface area contributed by atoms with Gasteiger partial charge in [0.1, 0.15) is 0 Å². The summed E-state index contributed by atoms with van der Waals surface area (Å²) in [6.07, 6.45) is 3.74. The van der Waals surface area contributed by atoms with Gasteiger partial charge in [0.25, 0.3) is 0 Å².